The van der Waals surface area contributed by atoms with Gasteiger partial charge in [0, 0.05) is 29.8 Å². The Bertz CT molecular complexity index is 348. The summed E-state index contributed by atoms with van der Waals surface area (Å²) in [6.07, 6.45) is 0. The largest absolute Gasteiger partial charge is 0.374 e. The monoisotopic (exact) mass is 284 g/mol. The first-order valence-electron chi connectivity index (χ1n) is 5.68. The fourth-order valence-electron chi connectivity index (χ4n) is 1.78. The SMILES string of the molecule is CC(C)CN(C)c1ccc([C@@H](C)N)c(Br)c1. The summed E-state index contributed by atoms with van der Waals surface area (Å²) in [5.74, 6) is 0.664. The molecule has 0 heterocycles. The zero-order valence-electron chi connectivity index (χ0n) is 10.5. The summed E-state index contributed by atoms with van der Waals surface area (Å²) in [7, 11) is 2.12. The van der Waals surface area contributed by atoms with E-state index in [9.17, 15) is 0 Å². The summed E-state index contributed by atoms with van der Waals surface area (Å²) >= 11 is 3.58. The second-order valence-electron chi connectivity index (χ2n) is 4.77. The van der Waals surface area contributed by atoms with Crippen LogP contribution in [0.5, 0.6) is 0 Å². The number of hydrogen-bond acceptors (Lipinski definition) is 2. The molecule has 0 bridgehead atoms. The van der Waals surface area contributed by atoms with E-state index in [2.05, 4.69) is 59.9 Å². The Morgan fingerprint density at radius 1 is 1.31 bits per heavy atom. The standard InChI is InChI=1S/C13H21BrN2/c1-9(2)8-16(4)11-5-6-12(10(3)15)13(14)7-11/h5-7,9-10H,8,15H2,1-4H3/t10-/m1/s1. The van der Waals surface area contributed by atoms with E-state index in [1.165, 1.54) is 5.69 Å². The first-order valence-corrected chi connectivity index (χ1v) is 6.47. The van der Waals surface area contributed by atoms with Crippen LogP contribution in [-0.4, -0.2) is 13.6 Å². The second kappa shape index (κ2) is 5.69. The van der Waals surface area contributed by atoms with Gasteiger partial charge in [0.1, 0.15) is 0 Å². The van der Waals surface area contributed by atoms with E-state index >= 15 is 0 Å². The number of nitrogens with zero attached hydrogens (tertiary/aromatic N) is 1. The highest BCUT2D eigenvalue weighted by Crippen LogP contribution is 2.27. The fraction of sp³-hybridized carbons (Fsp3) is 0.538. The summed E-state index contributed by atoms with van der Waals surface area (Å²) in [6, 6.07) is 6.44. The van der Waals surface area contributed by atoms with Gasteiger partial charge in [-0.05, 0) is 30.5 Å². The summed E-state index contributed by atoms with van der Waals surface area (Å²) < 4.78 is 1.09. The second-order valence-corrected chi connectivity index (χ2v) is 5.62. The van der Waals surface area contributed by atoms with E-state index in [0.29, 0.717) is 5.92 Å². The lowest BCUT2D eigenvalue weighted by atomic mass is 10.1. The van der Waals surface area contributed by atoms with Gasteiger partial charge in [0.2, 0.25) is 0 Å². The lowest BCUT2D eigenvalue weighted by Gasteiger charge is -2.22. The highest BCUT2D eigenvalue weighted by molar-refractivity contribution is 9.10. The molecule has 0 spiro atoms. The molecule has 16 heavy (non-hydrogen) atoms. The molecule has 0 saturated heterocycles. The van der Waals surface area contributed by atoms with E-state index in [1.807, 2.05) is 6.92 Å². The molecular weight excluding hydrogens is 264 g/mol. The predicted octanol–water partition coefficient (Wildman–Crippen LogP) is 3.56. The van der Waals surface area contributed by atoms with Crippen LogP contribution in [0.4, 0.5) is 5.69 Å². The number of benzene rings is 1. The zero-order valence-corrected chi connectivity index (χ0v) is 12.1. The maximum absolute atomic E-state index is 5.88. The van der Waals surface area contributed by atoms with Gasteiger partial charge < -0.3 is 10.6 Å². The number of hydrogen-bond donors (Lipinski definition) is 1. The third-order valence-corrected chi connectivity index (χ3v) is 3.24. The van der Waals surface area contributed by atoms with Crippen LogP contribution in [0.1, 0.15) is 32.4 Å². The molecule has 1 aromatic carbocycles. The molecule has 1 aromatic rings. The van der Waals surface area contributed by atoms with Gasteiger partial charge in [-0.2, -0.15) is 0 Å². The normalized spacial score (nSPS) is 12.9. The Morgan fingerprint density at radius 2 is 1.94 bits per heavy atom. The van der Waals surface area contributed by atoms with E-state index in [0.717, 1.165) is 16.6 Å². The Hall–Kier alpha value is -0.540. The van der Waals surface area contributed by atoms with Crippen LogP contribution in [0, 0.1) is 5.92 Å². The number of halogens is 1. The Labute approximate surface area is 107 Å². The van der Waals surface area contributed by atoms with E-state index < -0.39 is 0 Å². The summed E-state index contributed by atoms with van der Waals surface area (Å²) in [4.78, 5) is 2.26. The Balaban J connectivity index is 2.88. The maximum Gasteiger partial charge on any atom is 0.0375 e. The molecule has 0 radical (unpaired) electrons. The van der Waals surface area contributed by atoms with Crippen molar-refractivity contribution >= 4 is 21.6 Å². The topological polar surface area (TPSA) is 29.3 Å². The highest BCUT2D eigenvalue weighted by atomic mass is 79.9. The van der Waals surface area contributed by atoms with Gasteiger partial charge in [-0.25, -0.2) is 0 Å². The van der Waals surface area contributed by atoms with Crippen molar-refractivity contribution in [3.8, 4) is 0 Å². The molecule has 0 amide bonds. The van der Waals surface area contributed by atoms with Crippen LogP contribution in [0.15, 0.2) is 22.7 Å². The smallest absolute Gasteiger partial charge is 0.0375 e. The minimum atomic E-state index is 0.0684. The molecule has 0 saturated carbocycles. The fourth-order valence-corrected chi connectivity index (χ4v) is 2.50. The van der Waals surface area contributed by atoms with Crippen molar-refractivity contribution in [3.63, 3.8) is 0 Å². The minimum absolute atomic E-state index is 0.0684. The molecular formula is C13H21BrN2. The van der Waals surface area contributed by atoms with Crippen LogP contribution < -0.4 is 10.6 Å². The van der Waals surface area contributed by atoms with Crippen molar-refractivity contribution < 1.29 is 0 Å². The van der Waals surface area contributed by atoms with Crippen LogP contribution >= 0.6 is 15.9 Å². The van der Waals surface area contributed by atoms with Gasteiger partial charge in [-0.3, -0.25) is 0 Å². The average molecular weight is 285 g/mol. The van der Waals surface area contributed by atoms with Crippen molar-refractivity contribution in [2.75, 3.05) is 18.5 Å². The van der Waals surface area contributed by atoms with Crippen molar-refractivity contribution in [1.82, 2.24) is 0 Å². The molecule has 1 atom stereocenters. The van der Waals surface area contributed by atoms with Gasteiger partial charge in [-0.15, -0.1) is 0 Å². The quantitative estimate of drug-likeness (QED) is 0.916. The molecule has 0 aliphatic carbocycles. The van der Waals surface area contributed by atoms with Crippen LogP contribution in [-0.2, 0) is 0 Å². The van der Waals surface area contributed by atoms with Crippen LogP contribution in [0.2, 0.25) is 0 Å². The third-order valence-electron chi connectivity index (χ3n) is 2.55. The minimum Gasteiger partial charge on any atom is -0.374 e. The first-order chi connectivity index (χ1) is 7.41. The molecule has 2 nitrogen and oxygen atoms in total. The maximum atomic E-state index is 5.88. The molecule has 1 rings (SSSR count). The van der Waals surface area contributed by atoms with Gasteiger partial charge in [0.15, 0.2) is 0 Å². The molecule has 0 aromatic heterocycles. The summed E-state index contributed by atoms with van der Waals surface area (Å²) in [5, 5.41) is 0. The van der Waals surface area contributed by atoms with E-state index in [-0.39, 0.29) is 6.04 Å². The average Bonchev–Trinajstić information content (AvgIpc) is 2.15. The summed E-state index contributed by atoms with van der Waals surface area (Å²) in [6.45, 7) is 7.51. The van der Waals surface area contributed by atoms with Crippen molar-refractivity contribution in [2.45, 2.75) is 26.8 Å². The third kappa shape index (κ3) is 3.49. The first kappa shape index (κ1) is 13.5. The number of anilines is 1. The molecule has 3 heteroatoms. The zero-order chi connectivity index (χ0) is 12.3. The Morgan fingerprint density at radius 3 is 2.38 bits per heavy atom. The molecule has 90 valence electrons. The Kier molecular flexibility index (Phi) is 4.81. The lowest BCUT2D eigenvalue weighted by Crippen LogP contribution is -2.22. The number of nitrogens with two attached hydrogens (primary N) is 1. The van der Waals surface area contributed by atoms with E-state index in [4.69, 9.17) is 5.73 Å². The van der Waals surface area contributed by atoms with Crippen molar-refractivity contribution in [3.05, 3.63) is 28.2 Å². The van der Waals surface area contributed by atoms with Gasteiger partial charge >= 0.3 is 0 Å². The van der Waals surface area contributed by atoms with Gasteiger partial charge in [0.25, 0.3) is 0 Å². The highest BCUT2D eigenvalue weighted by Gasteiger charge is 2.08. The van der Waals surface area contributed by atoms with Crippen LogP contribution in [0.25, 0.3) is 0 Å². The molecule has 0 unspecified atom stereocenters. The van der Waals surface area contributed by atoms with Gasteiger partial charge in [0.05, 0.1) is 0 Å². The molecule has 2 N–H and O–H groups in total. The van der Waals surface area contributed by atoms with Gasteiger partial charge in [-0.1, -0.05) is 35.8 Å². The molecule has 0 aliphatic heterocycles. The summed E-state index contributed by atoms with van der Waals surface area (Å²) in [5.41, 5.74) is 8.26. The number of rotatable bonds is 4. The van der Waals surface area contributed by atoms with Crippen molar-refractivity contribution in [1.29, 1.82) is 0 Å². The lowest BCUT2D eigenvalue weighted by molar-refractivity contribution is 0.638. The van der Waals surface area contributed by atoms with E-state index in [1.54, 1.807) is 0 Å². The van der Waals surface area contributed by atoms with Crippen molar-refractivity contribution in [2.24, 2.45) is 11.7 Å². The molecule has 0 fully saturated rings. The molecule has 0 aliphatic rings. The van der Waals surface area contributed by atoms with Crippen LogP contribution in [0.3, 0.4) is 0 Å². The predicted molar refractivity (Wildman–Crippen MR) is 74.9 cm³/mol.